The Morgan fingerprint density at radius 3 is 2.46 bits per heavy atom. The summed E-state index contributed by atoms with van der Waals surface area (Å²) in [6, 6.07) is 14.2. The molecule has 3 aromatic carbocycles. The van der Waals surface area contributed by atoms with E-state index in [-0.39, 0.29) is 21.3 Å². The molecule has 0 aliphatic carbocycles. The Morgan fingerprint density at radius 1 is 1.11 bits per heavy atom. The second kappa shape index (κ2) is 10.2. The van der Waals surface area contributed by atoms with Gasteiger partial charge in [-0.25, -0.2) is 8.42 Å². The van der Waals surface area contributed by atoms with Crippen LogP contribution in [-0.2, 0) is 25.2 Å². The van der Waals surface area contributed by atoms with Gasteiger partial charge >= 0.3 is 11.7 Å². The van der Waals surface area contributed by atoms with Gasteiger partial charge in [-0.2, -0.15) is 0 Å². The number of fused-ring (bicyclic) bond motifs is 1. The van der Waals surface area contributed by atoms with Gasteiger partial charge in [0, 0.05) is 17.9 Å². The third-order valence-corrected chi connectivity index (χ3v) is 8.45. The Kier molecular flexibility index (Phi) is 7.19. The van der Waals surface area contributed by atoms with E-state index in [9.17, 15) is 28.1 Å². The van der Waals surface area contributed by atoms with Gasteiger partial charge in [0.05, 0.1) is 26.2 Å². The minimum atomic E-state index is -3.67. The fourth-order valence-corrected chi connectivity index (χ4v) is 6.35. The minimum Gasteiger partial charge on any atom is -0.419 e. The number of carbonyl (C=O) groups excluding carboxylic acids is 2. The molecule has 11 heteroatoms. The highest BCUT2D eigenvalue weighted by Gasteiger charge is 2.25. The van der Waals surface area contributed by atoms with Crippen molar-refractivity contribution in [3.63, 3.8) is 0 Å². The van der Waals surface area contributed by atoms with E-state index in [1.54, 1.807) is 6.07 Å². The molecule has 0 saturated heterocycles. The average molecular weight is 539 g/mol. The van der Waals surface area contributed by atoms with Gasteiger partial charge in [0.15, 0.2) is 9.84 Å². The number of amides is 1. The number of anilines is 1. The third-order valence-electron chi connectivity index (χ3n) is 5.71. The van der Waals surface area contributed by atoms with Crippen LogP contribution in [0, 0.1) is 24.0 Å². The molecule has 0 bridgehead atoms. The van der Waals surface area contributed by atoms with Crippen LogP contribution in [0.25, 0.3) is 6.08 Å². The van der Waals surface area contributed by atoms with E-state index in [0.717, 1.165) is 35.4 Å². The topological polar surface area (TPSA) is 133 Å². The number of hydrogen-bond acceptors (Lipinski definition) is 8. The molecule has 3 aromatic rings. The van der Waals surface area contributed by atoms with E-state index in [1.807, 2.05) is 32.0 Å². The lowest BCUT2D eigenvalue weighted by molar-refractivity contribution is -0.385. The lowest BCUT2D eigenvalue weighted by atomic mass is 10.1. The van der Waals surface area contributed by atoms with Gasteiger partial charge in [-0.3, -0.25) is 19.7 Å². The zero-order chi connectivity index (χ0) is 26.9. The number of nitro groups is 1. The highest BCUT2D eigenvalue weighted by molar-refractivity contribution is 8.04. The first kappa shape index (κ1) is 26.1. The van der Waals surface area contributed by atoms with Crippen LogP contribution in [0.4, 0.5) is 11.4 Å². The fourth-order valence-electron chi connectivity index (χ4n) is 3.84. The van der Waals surface area contributed by atoms with E-state index in [0.29, 0.717) is 16.1 Å². The molecular formula is C26H22N2O7S2. The van der Waals surface area contributed by atoms with Gasteiger partial charge in [0.2, 0.25) is 5.75 Å². The van der Waals surface area contributed by atoms with Crippen molar-refractivity contribution in [1.29, 1.82) is 0 Å². The van der Waals surface area contributed by atoms with Gasteiger partial charge in [-0.05, 0) is 66.4 Å². The van der Waals surface area contributed by atoms with Crippen molar-refractivity contribution in [3.8, 4) is 5.75 Å². The molecule has 0 spiro atoms. The maximum Gasteiger partial charge on any atom is 0.312 e. The highest BCUT2D eigenvalue weighted by atomic mass is 32.2. The van der Waals surface area contributed by atoms with E-state index in [4.69, 9.17) is 4.74 Å². The summed E-state index contributed by atoms with van der Waals surface area (Å²) in [5.41, 5.74) is 2.84. The maximum absolute atomic E-state index is 13.1. The average Bonchev–Trinajstić information content (AvgIpc) is 2.82. The first-order valence-corrected chi connectivity index (χ1v) is 13.5. The molecule has 0 aromatic heterocycles. The van der Waals surface area contributed by atoms with Crippen molar-refractivity contribution >= 4 is 50.9 Å². The molecule has 1 heterocycles. The van der Waals surface area contributed by atoms with Gasteiger partial charge in [-0.1, -0.05) is 36.0 Å². The normalized spacial score (nSPS) is 14.1. The van der Waals surface area contributed by atoms with Crippen molar-refractivity contribution in [1.82, 2.24) is 0 Å². The first-order chi connectivity index (χ1) is 17.4. The Bertz CT molecular complexity index is 1570. The molecule has 0 atom stereocenters. The summed E-state index contributed by atoms with van der Waals surface area (Å²) in [6.45, 7) is 4.88. The number of nitrogens with one attached hydrogen (secondary N) is 1. The lowest BCUT2D eigenvalue weighted by Gasteiger charge is -2.20. The highest BCUT2D eigenvalue weighted by Crippen LogP contribution is 2.41. The number of ether oxygens (including phenoxy) is 1. The lowest BCUT2D eigenvalue weighted by Crippen LogP contribution is -2.18. The molecule has 4 rings (SSSR count). The summed E-state index contributed by atoms with van der Waals surface area (Å²) in [5, 5.41) is 14.1. The molecule has 9 nitrogen and oxygen atoms in total. The zero-order valence-electron chi connectivity index (χ0n) is 20.1. The number of aryl methyl sites for hydroxylation is 2. The molecule has 1 aliphatic heterocycles. The standard InChI is InChI=1S/C26H22N2O7S2/c1-15-5-4-6-16(2)20(15)14-37(33,34)19-8-10-24-21(13-19)27-26(30)25(36-24)12-18-7-9-23(35-17(3)29)22(11-18)28(31)32/h4-13H,14H2,1-3H3,(H,27,30)/b25-12-. The van der Waals surface area contributed by atoms with E-state index in [1.165, 1.54) is 36.4 Å². The summed E-state index contributed by atoms with van der Waals surface area (Å²) >= 11 is 1.12. The number of carbonyl (C=O) groups is 2. The molecule has 0 unspecified atom stereocenters. The van der Waals surface area contributed by atoms with Gasteiger partial charge < -0.3 is 10.1 Å². The first-order valence-electron chi connectivity index (χ1n) is 11.0. The van der Waals surface area contributed by atoms with Crippen LogP contribution in [-0.4, -0.2) is 25.2 Å². The number of thioether (sulfide) groups is 1. The van der Waals surface area contributed by atoms with Crippen molar-refractivity contribution < 1.29 is 27.7 Å². The number of nitro benzene ring substituents is 1. The predicted octanol–water partition coefficient (Wildman–Crippen LogP) is 5.20. The molecule has 1 N–H and O–H groups in total. The molecule has 0 fully saturated rings. The number of benzene rings is 3. The number of sulfone groups is 1. The number of hydrogen-bond donors (Lipinski definition) is 1. The molecule has 190 valence electrons. The Labute approximate surface area is 217 Å². The number of rotatable bonds is 6. The van der Waals surface area contributed by atoms with Crippen molar-refractivity contribution in [2.45, 2.75) is 36.3 Å². The molecular weight excluding hydrogens is 516 g/mol. The van der Waals surface area contributed by atoms with Gasteiger partial charge in [0.1, 0.15) is 0 Å². The fraction of sp³-hybridized carbons (Fsp3) is 0.154. The molecule has 0 saturated carbocycles. The van der Waals surface area contributed by atoms with Crippen LogP contribution in [0.1, 0.15) is 29.2 Å². The monoisotopic (exact) mass is 538 g/mol. The van der Waals surface area contributed by atoms with Crippen LogP contribution in [0.2, 0.25) is 0 Å². The second-order valence-electron chi connectivity index (χ2n) is 8.43. The van der Waals surface area contributed by atoms with Gasteiger partial charge in [0.25, 0.3) is 5.91 Å². The summed E-state index contributed by atoms with van der Waals surface area (Å²) in [5.74, 6) is -1.52. The van der Waals surface area contributed by atoms with E-state index >= 15 is 0 Å². The third kappa shape index (κ3) is 5.73. The second-order valence-corrected chi connectivity index (χ2v) is 11.5. The Morgan fingerprint density at radius 2 is 1.81 bits per heavy atom. The zero-order valence-corrected chi connectivity index (χ0v) is 21.7. The summed E-state index contributed by atoms with van der Waals surface area (Å²) in [6.07, 6.45) is 1.47. The van der Waals surface area contributed by atoms with Crippen LogP contribution in [0.5, 0.6) is 5.75 Å². The number of esters is 1. The van der Waals surface area contributed by atoms with Crippen LogP contribution >= 0.6 is 11.8 Å². The molecule has 1 aliphatic rings. The van der Waals surface area contributed by atoms with Crippen molar-refractivity contribution in [2.24, 2.45) is 0 Å². The largest absolute Gasteiger partial charge is 0.419 e. The van der Waals surface area contributed by atoms with Crippen molar-refractivity contribution in [3.05, 3.63) is 91.9 Å². The molecule has 37 heavy (non-hydrogen) atoms. The predicted molar refractivity (Wildman–Crippen MR) is 140 cm³/mol. The SMILES string of the molecule is CC(=O)Oc1ccc(/C=C2\Sc3ccc(S(=O)(=O)Cc4c(C)cccc4C)cc3NC2=O)cc1[N+](=O)[O-]. The summed E-state index contributed by atoms with van der Waals surface area (Å²) in [7, 11) is -3.67. The summed E-state index contributed by atoms with van der Waals surface area (Å²) < 4.78 is 31.2. The number of nitrogens with zero attached hydrogens (tertiary/aromatic N) is 1. The maximum atomic E-state index is 13.1. The van der Waals surface area contributed by atoms with E-state index in [2.05, 4.69) is 5.32 Å². The smallest absolute Gasteiger partial charge is 0.312 e. The van der Waals surface area contributed by atoms with Gasteiger partial charge in [-0.15, -0.1) is 0 Å². The Hall–Kier alpha value is -3.96. The van der Waals surface area contributed by atoms with Crippen LogP contribution in [0.3, 0.4) is 0 Å². The quantitative estimate of drug-likeness (QED) is 0.149. The van der Waals surface area contributed by atoms with Crippen LogP contribution < -0.4 is 10.1 Å². The molecule has 1 amide bonds. The van der Waals surface area contributed by atoms with E-state index < -0.39 is 32.3 Å². The van der Waals surface area contributed by atoms with Crippen LogP contribution in [0.15, 0.2) is 69.3 Å². The Balaban J connectivity index is 1.61. The molecule has 0 radical (unpaired) electrons. The summed E-state index contributed by atoms with van der Waals surface area (Å²) in [4.78, 5) is 35.7. The minimum absolute atomic E-state index is 0.0962. The van der Waals surface area contributed by atoms with Crippen molar-refractivity contribution in [2.75, 3.05) is 5.32 Å².